The lowest BCUT2D eigenvalue weighted by Crippen LogP contribution is -2.48. The zero-order chi connectivity index (χ0) is 16.6. The number of hydrogen-bond donors (Lipinski definition) is 2. The van der Waals surface area contributed by atoms with E-state index in [0.717, 1.165) is 11.5 Å². The maximum atomic E-state index is 12.7. The zero-order valence-electron chi connectivity index (χ0n) is 12.9. The van der Waals surface area contributed by atoms with Gasteiger partial charge in [-0.15, -0.1) is 0 Å². The Balaban J connectivity index is 1.89. The molecule has 1 aliphatic heterocycles. The molecule has 3 rings (SSSR count). The molecular weight excluding hydrogens is 298 g/mol. The molecule has 1 amide bonds. The molecule has 23 heavy (non-hydrogen) atoms. The SMILES string of the molecule is CN(C)c1ccc(C(=O)N2Cc3[nH]cnc3C[C@@H]2C(=O)O)cn1. The van der Waals surface area contributed by atoms with Gasteiger partial charge in [-0.05, 0) is 12.1 Å². The summed E-state index contributed by atoms with van der Waals surface area (Å²) < 4.78 is 0. The van der Waals surface area contributed by atoms with Crippen LogP contribution < -0.4 is 4.90 Å². The van der Waals surface area contributed by atoms with Crippen molar-refractivity contribution in [3.63, 3.8) is 0 Å². The lowest BCUT2D eigenvalue weighted by molar-refractivity contribution is -0.142. The predicted molar refractivity (Wildman–Crippen MR) is 82.2 cm³/mol. The highest BCUT2D eigenvalue weighted by molar-refractivity contribution is 5.96. The van der Waals surface area contributed by atoms with E-state index in [1.165, 1.54) is 17.4 Å². The third-order valence-corrected chi connectivity index (χ3v) is 3.90. The molecule has 1 atom stereocenters. The Hall–Kier alpha value is -2.90. The van der Waals surface area contributed by atoms with Crippen molar-refractivity contribution in [1.29, 1.82) is 0 Å². The Bertz CT molecular complexity index is 738. The second-order valence-corrected chi connectivity index (χ2v) is 5.62. The van der Waals surface area contributed by atoms with Crippen molar-refractivity contribution < 1.29 is 14.7 Å². The van der Waals surface area contributed by atoms with Gasteiger partial charge in [-0.25, -0.2) is 14.8 Å². The number of imidazole rings is 1. The number of carbonyl (C=O) groups excluding carboxylic acids is 1. The molecule has 0 unspecified atom stereocenters. The van der Waals surface area contributed by atoms with Gasteiger partial charge in [-0.2, -0.15) is 0 Å². The highest BCUT2D eigenvalue weighted by Crippen LogP contribution is 2.23. The van der Waals surface area contributed by atoms with Crippen LogP contribution in [0.4, 0.5) is 5.82 Å². The zero-order valence-corrected chi connectivity index (χ0v) is 12.9. The summed E-state index contributed by atoms with van der Waals surface area (Å²) in [5.41, 5.74) is 1.83. The second kappa shape index (κ2) is 5.71. The number of aromatic nitrogens is 3. The van der Waals surface area contributed by atoms with Crippen LogP contribution >= 0.6 is 0 Å². The van der Waals surface area contributed by atoms with Gasteiger partial charge >= 0.3 is 5.97 Å². The normalized spacial score (nSPS) is 16.8. The minimum absolute atomic E-state index is 0.195. The Kier molecular flexibility index (Phi) is 3.73. The summed E-state index contributed by atoms with van der Waals surface area (Å²) >= 11 is 0. The van der Waals surface area contributed by atoms with Crippen LogP contribution in [0.1, 0.15) is 21.7 Å². The Morgan fingerprint density at radius 1 is 1.35 bits per heavy atom. The van der Waals surface area contributed by atoms with Crippen molar-refractivity contribution in [3.8, 4) is 0 Å². The van der Waals surface area contributed by atoms with Crippen molar-refractivity contribution in [2.24, 2.45) is 0 Å². The average molecular weight is 315 g/mol. The molecule has 2 N–H and O–H groups in total. The quantitative estimate of drug-likeness (QED) is 0.856. The van der Waals surface area contributed by atoms with Crippen molar-refractivity contribution in [2.45, 2.75) is 19.0 Å². The number of carboxylic acids is 1. The second-order valence-electron chi connectivity index (χ2n) is 5.62. The van der Waals surface area contributed by atoms with Gasteiger partial charge in [0.15, 0.2) is 0 Å². The molecule has 0 spiro atoms. The first-order valence-electron chi connectivity index (χ1n) is 7.15. The molecule has 0 radical (unpaired) electrons. The number of fused-ring (bicyclic) bond motifs is 1. The van der Waals surface area contributed by atoms with Gasteiger partial charge in [-0.1, -0.05) is 0 Å². The largest absolute Gasteiger partial charge is 0.480 e. The van der Waals surface area contributed by atoms with E-state index in [0.29, 0.717) is 11.3 Å². The first kappa shape index (κ1) is 15.0. The number of nitrogens with one attached hydrogen (secondary N) is 1. The minimum Gasteiger partial charge on any atom is -0.480 e. The molecule has 2 aromatic rings. The average Bonchev–Trinajstić information content (AvgIpc) is 3.00. The van der Waals surface area contributed by atoms with Crippen LogP contribution in [-0.2, 0) is 17.8 Å². The number of aliphatic carboxylic acids is 1. The number of hydrogen-bond acceptors (Lipinski definition) is 5. The van der Waals surface area contributed by atoms with Crippen LogP contribution in [-0.4, -0.2) is 57.0 Å². The minimum atomic E-state index is -1.04. The fourth-order valence-electron chi connectivity index (χ4n) is 2.61. The van der Waals surface area contributed by atoms with Crippen LogP contribution in [0.15, 0.2) is 24.7 Å². The molecule has 0 saturated carbocycles. The van der Waals surface area contributed by atoms with Crippen molar-refractivity contribution in [2.75, 3.05) is 19.0 Å². The Morgan fingerprint density at radius 2 is 2.13 bits per heavy atom. The van der Waals surface area contributed by atoms with E-state index >= 15 is 0 Å². The lowest BCUT2D eigenvalue weighted by atomic mass is 10.0. The topological polar surface area (TPSA) is 102 Å². The summed E-state index contributed by atoms with van der Waals surface area (Å²) in [6.45, 7) is 0.195. The van der Waals surface area contributed by atoms with Crippen LogP contribution in [0.2, 0.25) is 0 Å². The number of pyridine rings is 1. The van der Waals surface area contributed by atoms with E-state index in [-0.39, 0.29) is 18.9 Å². The van der Waals surface area contributed by atoms with Crippen molar-refractivity contribution in [1.82, 2.24) is 19.9 Å². The molecule has 120 valence electrons. The number of anilines is 1. The number of amides is 1. The van der Waals surface area contributed by atoms with Gasteiger partial charge < -0.3 is 19.9 Å². The number of H-pyrrole nitrogens is 1. The standard InChI is InChI=1S/C15H17N5O3/c1-19(2)13-4-3-9(6-16-13)14(21)20-7-11-10(17-8-18-11)5-12(20)15(22)23/h3-4,6,8,12H,5,7H2,1-2H3,(H,17,18)(H,22,23)/t12-/m1/s1. The van der Waals surface area contributed by atoms with Crippen molar-refractivity contribution >= 4 is 17.7 Å². The smallest absolute Gasteiger partial charge is 0.326 e. The number of carbonyl (C=O) groups is 2. The molecule has 0 bridgehead atoms. The van der Waals surface area contributed by atoms with Crippen LogP contribution in [0, 0.1) is 0 Å². The first-order chi connectivity index (χ1) is 11.0. The molecule has 8 nitrogen and oxygen atoms in total. The van der Waals surface area contributed by atoms with Crippen LogP contribution in [0.5, 0.6) is 0 Å². The van der Waals surface area contributed by atoms with Crippen molar-refractivity contribution in [3.05, 3.63) is 41.6 Å². The Labute approximate surface area is 132 Å². The number of aromatic amines is 1. The summed E-state index contributed by atoms with van der Waals surface area (Å²) in [4.78, 5) is 38.7. The van der Waals surface area contributed by atoms with E-state index in [2.05, 4.69) is 15.0 Å². The summed E-state index contributed by atoms with van der Waals surface area (Å²) in [6, 6.07) is 2.47. The van der Waals surface area contributed by atoms with E-state index in [4.69, 9.17) is 0 Å². The predicted octanol–water partition coefficient (Wildman–Crippen LogP) is 0.522. The number of carboxylic acid groups (broad SMARTS) is 1. The van der Waals surface area contributed by atoms with Gasteiger partial charge in [0.2, 0.25) is 0 Å². The molecule has 2 aromatic heterocycles. The van der Waals surface area contributed by atoms with Crippen LogP contribution in [0.25, 0.3) is 0 Å². The fourth-order valence-corrected chi connectivity index (χ4v) is 2.61. The summed E-state index contributed by atoms with van der Waals surface area (Å²) in [5.74, 6) is -0.661. The first-order valence-corrected chi connectivity index (χ1v) is 7.15. The molecule has 0 aliphatic carbocycles. The molecule has 8 heteroatoms. The molecule has 1 aliphatic rings. The van der Waals surface area contributed by atoms with E-state index in [1.807, 2.05) is 19.0 Å². The third kappa shape index (κ3) is 2.75. The molecule has 3 heterocycles. The van der Waals surface area contributed by atoms with Crippen LogP contribution in [0.3, 0.4) is 0 Å². The van der Waals surface area contributed by atoms with Gasteiger partial charge in [0, 0.05) is 26.7 Å². The Morgan fingerprint density at radius 3 is 2.74 bits per heavy atom. The van der Waals surface area contributed by atoms with Gasteiger partial charge in [0.25, 0.3) is 5.91 Å². The lowest BCUT2D eigenvalue weighted by Gasteiger charge is -2.32. The highest BCUT2D eigenvalue weighted by atomic mass is 16.4. The molecular formula is C15H17N5O3. The van der Waals surface area contributed by atoms with E-state index < -0.39 is 12.0 Å². The van der Waals surface area contributed by atoms with Gasteiger partial charge in [0.1, 0.15) is 11.9 Å². The summed E-state index contributed by atoms with van der Waals surface area (Å²) in [5, 5.41) is 9.43. The fraction of sp³-hybridized carbons (Fsp3) is 0.333. The number of rotatable bonds is 3. The van der Waals surface area contributed by atoms with E-state index in [9.17, 15) is 14.7 Å². The maximum absolute atomic E-state index is 12.7. The summed E-state index contributed by atoms with van der Waals surface area (Å²) in [6.07, 6.45) is 3.19. The molecule has 0 aromatic carbocycles. The van der Waals surface area contributed by atoms with Gasteiger partial charge in [0.05, 0.1) is 29.8 Å². The van der Waals surface area contributed by atoms with E-state index in [1.54, 1.807) is 12.1 Å². The monoisotopic (exact) mass is 315 g/mol. The maximum Gasteiger partial charge on any atom is 0.326 e. The third-order valence-electron chi connectivity index (χ3n) is 3.90. The highest BCUT2D eigenvalue weighted by Gasteiger charge is 2.36. The number of nitrogens with zero attached hydrogens (tertiary/aromatic N) is 4. The molecule has 0 saturated heterocycles. The molecule has 0 fully saturated rings. The van der Waals surface area contributed by atoms with Gasteiger partial charge in [-0.3, -0.25) is 4.79 Å². The summed E-state index contributed by atoms with van der Waals surface area (Å²) in [7, 11) is 3.71.